The van der Waals surface area contributed by atoms with E-state index in [-0.39, 0.29) is 31.1 Å². The van der Waals surface area contributed by atoms with Crippen LogP contribution in [0.1, 0.15) is 310 Å². The fraction of sp³-hybridized carbons (Fsp3) is 0.750. The molecule has 0 spiro atoms. The number of allylic oxidation sites excluding steroid dienone is 14. The number of hydrogen-bond donors (Lipinski definition) is 0. The zero-order valence-corrected chi connectivity index (χ0v) is 48.8. The Hall–Kier alpha value is -3.41. The van der Waals surface area contributed by atoms with E-state index in [9.17, 15) is 14.4 Å². The van der Waals surface area contributed by atoms with Crippen molar-refractivity contribution in [1.29, 1.82) is 0 Å². The van der Waals surface area contributed by atoms with Gasteiger partial charge < -0.3 is 14.2 Å². The molecule has 0 bridgehead atoms. The van der Waals surface area contributed by atoms with E-state index in [2.05, 4.69) is 106 Å². The molecule has 0 radical (unpaired) electrons. The average Bonchev–Trinajstić information content (AvgIpc) is 3.40. The SMILES string of the molecule is CC/C=C\C/C=C\C/C=C\CCCCCCCC(=O)OCC(COC(=O)CCCCCCCCCCCCCCC/C=C\C/C=C\CCCCCCC)OC(=O)CCCCCCC/C=C\C/C=C\CCCCCC. The smallest absolute Gasteiger partial charge is 0.306 e. The van der Waals surface area contributed by atoms with Gasteiger partial charge in [-0.2, -0.15) is 0 Å². The molecule has 0 fully saturated rings. The van der Waals surface area contributed by atoms with Crippen LogP contribution in [-0.4, -0.2) is 37.2 Å². The Kier molecular flexibility index (Phi) is 59.3. The summed E-state index contributed by atoms with van der Waals surface area (Å²) >= 11 is 0. The maximum absolute atomic E-state index is 12.9. The van der Waals surface area contributed by atoms with Crippen molar-refractivity contribution in [2.24, 2.45) is 0 Å². The molecule has 0 heterocycles. The number of esters is 3. The zero-order chi connectivity index (χ0) is 53.6. The van der Waals surface area contributed by atoms with Crippen LogP contribution in [0.3, 0.4) is 0 Å². The van der Waals surface area contributed by atoms with Crippen molar-refractivity contribution in [3.63, 3.8) is 0 Å². The highest BCUT2D eigenvalue weighted by atomic mass is 16.6. The number of ether oxygens (including phenoxy) is 3. The van der Waals surface area contributed by atoms with Gasteiger partial charge in [-0.3, -0.25) is 14.4 Å². The van der Waals surface area contributed by atoms with Gasteiger partial charge in [0, 0.05) is 19.3 Å². The van der Waals surface area contributed by atoms with Crippen LogP contribution in [0.5, 0.6) is 0 Å². The molecule has 6 nitrogen and oxygen atoms in total. The maximum Gasteiger partial charge on any atom is 0.306 e. The minimum absolute atomic E-state index is 0.0874. The van der Waals surface area contributed by atoms with Crippen LogP contribution in [0.4, 0.5) is 0 Å². The molecule has 0 aliphatic heterocycles. The molecular formula is C68H118O6. The number of carbonyl (C=O) groups is 3. The minimum atomic E-state index is -0.793. The lowest BCUT2D eigenvalue weighted by Crippen LogP contribution is -2.30. The van der Waals surface area contributed by atoms with Gasteiger partial charge in [0.2, 0.25) is 0 Å². The van der Waals surface area contributed by atoms with Gasteiger partial charge in [-0.15, -0.1) is 0 Å². The highest BCUT2D eigenvalue weighted by Crippen LogP contribution is 2.16. The highest BCUT2D eigenvalue weighted by Gasteiger charge is 2.19. The van der Waals surface area contributed by atoms with E-state index in [1.807, 2.05) is 0 Å². The molecule has 0 aromatic heterocycles. The lowest BCUT2D eigenvalue weighted by Gasteiger charge is -2.18. The molecule has 74 heavy (non-hydrogen) atoms. The third-order valence-electron chi connectivity index (χ3n) is 13.6. The Labute approximate surface area is 458 Å². The Morgan fingerprint density at radius 3 is 0.838 bits per heavy atom. The molecule has 1 atom stereocenters. The molecule has 0 rings (SSSR count). The van der Waals surface area contributed by atoms with Gasteiger partial charge in [-0.25, -0.2) is 0 Å². The van der Waals surface area contributed by atoms with E-state index in [4.69, 9.17) is 14.2 Å². The second kappa shape index (κ2) is 62.1. The quantitative estimate of drug-likeness (QED) is 0.0261. The van der Waals surface area contributed by atoms with Gasteiger partial charge in [0.05, 0.1) is 0 Å². The number of hydrogen-bond acceptors (Lipinski definition) is 6. The lowest BCUT2D eigenvalue weighted by atomic mass is 10.0. The largest absolute Gasteiger partial charge is 0.462 e. The first kappa shape index (κ1) is 70.6. The fourth-order valence-corrected chi connectivity index (χ4v) is 8.87. The normalized spacial score (nSPS) is 12.6. The summed E-state index contributed by atoms with van der Waals surface area (Å²) in [6, 6.07) is 0. The monoisotopic (exact) mass is 1030 g/mol. The molecule has 0 saturated heterocycles. The van der Waals surface area contributed by atoms with Crippen LogP contribution in [0.25, 0.3) is 0 Å². The Morgan fingerprint density at radius 1 is 0.284 bits per heavy atom. The number of unbranched alkanes of at least 4 members (excludes halogenated alkanes) is 32. The fourth-order valence-electron chi connectivity index (χ4n) is 8.87. The van der Waals surface area contributed by atoms with Crippen LogP contribution in [0.15, 0.2) is 85.1 Å². The van der Waals surface area contributed by atoms with Crippen LogP contribution in [-0.2, 0) is 28.6 Å². The first-order valence-corrected chi connectivity index (χ1v) is 31.6. The van der Waals surface area contributed by atoms with Crippen molar-refractivity contribution in [2.75, 3.05) is 13.2 Å². The molecule has 0 aromatic rings. The van der Waals surface area contributed by atoms with Crippen LogP contribution in [0.2, 0.25) is 0 Å². The molecule has 1 unspecified atom stereocenters. The first-order valence-electron chi connectivity index (χ1n) is 31.6. The van der Waals surface area contributed by atoms with Gasteiger partial charge in [-0.05, 0) is 116 Å². The Bertz CT molecular complexity index is 1420. The predicted octanol–water partition coefficient (Wildman–Crippen LogP) is 21.5. The Morgan fingerprint density at radius 2 is 0.527 bits per heavy atom. The van der Waals surface area contributed by atoms with E-state index >= 15 is 0 Å². The van der Waals surface area contributed by atoms with Crippen LogP contribution < -0.4 is 0 Å². The Balaban J connectivity index is 4.33. The maximum atomic E-state index is 12.9. The van der Waals surface area contributed by atoms with Crippen LogP contribution in [0, 0.1) is 0 Å². The van der Waals surface area contributed by atoms with Crippen molar-refractivity contribution in [2.45, 2.75) is 316 Å². The second-order valence-electron chi connectivity index (χ2n) is 20.9. The molecule has 0 N–H and O–H groups in total. The van der Waals surface area contributed by atoms with E-state index in [1.165, 1.54) is 141 Å². The van der Waals surface area contributed by atoms with E-state index < -0.39 is 6.10 Å². The predicted molar refractivity (Wildman–Crippen MR) is 321 cm³/mol. The molecular weight excluding hydrogens is 913 g/mol. The van der Waals surface area contributed by atoms with Crippen molar-refractivity contribution >= 4 is 17.9 Å². The second-order valence-corrected chi connectivity index (χ2v) is 20.9. The summed E-state index contributed by atoms with van der Waals surface area (Å²) in [6.45, 7) is 6.50. The summed E-state index contributed by atoms with van der Waals surface area (Å²) in [7, 11) is 0. The van der Waals surface area contributed by atoms with Gasteiger partial charge in [-0.1, -0.05) is 260 Å². The van der Waals surface area contributed by atoms with E-state index in [0.29, 0.717) is 19.3 Å². The topological polar surface area (TPSA) is 78.9 Å². The minimum Gasteiger partial charge on any atom is -0.462 e. The summed E-state index contributed by atoms with van der Waals surface area (Å²) in [6.07, 6.45) is 81.6. The molecule has 0 saturated carbocycles. The molecule has 6 heteroatoms. The molecule has 0 amide bonds. The van der Waals surface area contributed by atoms with Crippen molar-refractivity contribution in [3.8, 4) is 0 Å². The van der Waals surface area contributed by atoms with Gasteiger partial charge in [0.1, 0.15) is 13.2 Å². The van der Waals surface area contributed by atoms with Crippen molar-refractivity contribution in [3.05, 3.63) is 85.1 Å². The average molecular weight is 1030 g/mol. The van der Waals surface area contributed by atoms with Gasteiger partial charge in [0.25, 0.3) is 0 Å². The van der Waals surface area contributed by atoms with Crippen molar-refractivity contribution < 1.29 is 28.6 Å². The van der Waals surface area contributed by atoms with E-state index in [1.54, 1.807) is 0 Å². The number of carbonyl (C=O) groups excluding carboxylic acids is 3. The lowest BCUT2D eigenvalue weighted by molar-refractivity contribution is -0.167. The standard InChI is InChI=1S/C68H118O6/c1-4-7-10-13-16-19-22-25-28-30-31-32-33-34-35-36-37-38-41-43-46-49-52-55-58-61-67(70)73-64-65(63-72-66(69)60-57-54-51-48-45-42-39-27-24-21-18-15-12-9-6-3)74-68(71)62-59-56-53-50-47-44-40-29-26-23-20-17-14-11-8-5-2/h9,12,18,20-23,25,27,29-31,39-40,65H,4-8,10-11,13-17,19,24,26,28,32-38,41-64H2,1-3H3/b12-9-,21-18-,23-20-,25-22-,31-30-,39-27-,40-29-. The summed E-state index contributed by atoms with van der Waals surface area (Å²) in [4.78, 5) is 38.3. The van der Waals surface area contributed by atoms with Crippen LogP contribution >= 0.6 is 0 Å². The summed E-state index contributed by atoms with van der Waals surface area (Å²) in [5.41, 5.74) is 0. The highest BCUT2D eigenvalue weighted by molar-refractivity contribution is 5.71. The summed E-state index contributed by atoms with van der Waals surface area (Å²) in [5, 5.41) is 0. The van der Waals surface area contributed by atoms with Gasteiger partial charge in [0.15, 0.2) is 6.10 Å². The summed E-state index contributed by atoms with van der Waals surface area (Å²) < 4.78 is 16.9. The summed E-state index contributed by atoms with van der Waals surface area (Å²) in [5.74, 6) is -0.909. The number of rotatable bonds is 57. The third-order valence-corrected chi connectivity index (χ3v) is 13.6. The van der Waals surface area contributed by atoms with Gasteiger partial charge >= 0.3 is 17.9 Å². The third kappa shape index (κ3) is 59.5. The first-order chi connectivity index (χ1) is 36.5. The molecule has 0 aromatic carbocycles. The molecule has 426 valence electrons. The zero-order valence-electron chi connectivity index (χ0n) is 48.8. The van der Waals surface area contributed by atoms with Crippen molar-refractivity contribution in [1.82, 2.24) is 0 Å². The molecule has 0 aliphatic carbocycles. The molecule has 0 aliphatic rings. The van der Waals surface area contributed by atoms with E-state index in [0.717, 1.165) is 128 Å².